The lowest BCUT2D eigenvalue weighted by molar-refractivity contribution is 0.0646. The first kappa shape index (κ1) is 16.6. The van der Waals surface area contributed by atoms with Gasteiger partial charge in [0.15, 0.2) is 0 Å². The molecule has 3 heterocycles. The van der Waals surface area contributed by atoms with Gasteiger partial charge in [-0.2, -0.15) is 0 Å². The molecule has 5 nitrogen and oxygen atoms in total. The van der Waals surface area contributed by atoms with Crippen LogP contribution in [0.2, 0.25) is 0 Å². The van der Waals surface area contributed by atoms with Crippen molar-refractivity contribution in [2.75, 3.05) is 13.7 Å². The molecule has 0 saturated carbocycles. The van der Waals surface area contributed by atoms with Crippen molar-refractivity contribution in [3.63, 3.8) is 0 Å². The molecule has 2 aromatic heterocycles. The van der Waals surface area contributed by atoms with Gasteiger partial charge in [-0.15, -0.1) is 0 Å². The van der Waals surface area contributed by atoms with Gasteiger partial charge < -0.3 is 14.6 Å². The molecule has 1 unspecified atom stereocenters. The molecule has 26 heavy (non-hydrogen) atoms. The molecule has 0 radical (unpaired) electrons. The highest BCUT2D eigenvalue weighted by Gasteiger charge is 2.42. The molecule has 1 aromatic carbocycles. The van der Waals surface area contributed by atoms with Crippen LogP contribution in [0.3, 0.4) is 0 Å². The summed E-state index contributed by atoms with van der Waals surface area (Å²) in [5.74, 6) is 1.10. The van der Waals surface area contributed by atoms with Crippen molar-refractivity contribution in [1.29, 1.82) is 0 Å². The van der Waals surface area contributed by atoms with Crippen molar-refractivity contribution in [2.45, 2.75) is 31.7 Å². The minimum absolute atomic E-state index is 0.0274. The second-order valence-corrected chi connectivity index (χ2v) is 7.52. The van der Waals surface area contributed by atoms with E-state index in [2.05, 4.69) is 29.9 Å². The Morgan fingerprint density at radius 3 is 2.88 bits per heavy atom. The van der Waals surface area contributed by atoms with Gasteiger partial charge in [-0.05, 0) is 50.1 Å². The number of nitrogens with zero attached hydrogens (tertiary/aromatic N) is 2. The largest absolute Gasteiger partial charge is 0.496 e. The number of hydrogen-bond acceptors (Lipinski definition) is 3. The van der Waals surface area contributed by atoms with Crippen LogP contribution in [-0.2, 0) is 0 Å². The number of benzene rings is 1. The molecular weight excluding hydrogens is 326 g/mol. The number of amides is 1. The van der Waals surface area contributed by atoms with Gasteiger partial charge in [0.05, 0.1) is 7.11 Å². The van der Waals surface area contributed by atoms with Gasteiger partial charge in [0.1, 0.15) is 11.4 Å². The zero-order valence-electron chi connectivity index (χ0n) is 15.3. The van der Waals surface area contributed by atoms with Gasteiger partial charge in [0.25, 0.3) is 5.91 Å². The Morgan fingerprint density at radius 1 is 1.31 bits per heavy atom. The number of carbonyl (C=O) groups is 1. The topological polar surface area (TPSA) is 58.2 Å². The summed E-state index contributed by atoms with van der Waals surface area (Å²) in [5.41, 5.74) is 2.49. The maximum absolute atomic E-state index is 13.2. The summed E-state index contributed by atoms with van der Waals surface area (Å²) in [6.07, 6.45) is 4.61. The minimum atomic E-state index is -0.209. The van der Waals surface area contributed by atoms with Gasteiger partial charge >= 0.3 is 0 Å². The first-order chi connectivity index (χ1) is 12.5. The van der Waals surface area contributed by atoms with Crippen LogP contribution in [0.1, 0.15) is 42.2 Å². The van der Waals surface area contributed by atoms with Gasteiger partial charge in [-0.25, -0.2) is 0 Å². The molecule has 1 N–H and O–H groups in total. The van der Waals surface area contributed by atoms with Gasteiger partial charge in [0.2, 0.25) is 0 Å². The molecular formula is C21H23N3O2. The summed E-state index contributed by atoms with van der Waals surface area (Å²) < 4.78 is 5.41. The number of hydrogen-bond donors (Lipinski definition) is 1. The molecule has 1 amide bonds. The maximum atomic E-state index is 13.2. The van der Waals surface area contributed by atoms with Crippen molar-refractivity contribution in [3.8, 4) is 5.75 Å². The third-order valence-electron chi connectivity index (χ3n) is 5.36. The van der Waals surface area contributed by atoms with Crippen molar-refractivity contribution in [2.24, 2.45) is 0 Å². The number of methoxy groups -OCH3 is 1. The number of carbonyl (C=O) groups excluding carboxylic acids is 1. The minimum Gasteiger partial charge on any atom is -0.496 e. The zero-order chi connectivity index (χ0) is 18.3. The van der Waals surface area contributed by atoms with E-state index in [0.29, 0.717) is 18.2 Å². The Balaban J connectivity index is 1.65. The Hall–Kier alpha value is -2.82. The Morgan fingerprint density at radius 2 is 2.15 bits per heavy atom. The number of rotatable bonds is 3. The molecule has 4 rings (SSSR count). The molecule has 1 fully saturated rings. The van der Waals surface area contributed by atoms with E-state index >= 15 is 0 Å². The lowest BCUT2D eigenvalue weighted by Crippen LogP contribution is -2.42. The molecule has 1 aliphatic rings. The van der Waals surface area contributed by atoms with Gasteiger partial charge in [-0.3, -0.25) is 9.78 Å². The van der Waals surface area contributed by atoms with E-state index in [1.807, 2.05) is 41.4 Å². The van der Waals surface area contributed by atoms with Crippen molar-refractivity contribution in [1.82, 2.24) is 14.9 Å². The summed E-state index contributed by atoms with van der Waals surface area (Å²) >= 11 is 0. The standard InChI is InChI=1S/C21H23N3O2/c1-21(2)11-15(14-6-5-9-22-12-14)13-24(21)20(25)18-10-16-17(23-18)7-4-8-19(16)26-3/h4-10,12,15,23H,11,13H2,1-3H3. The fourth-order valence-electron chi connectivity index (χ4n) is 4.01. The number of aromatic amines is 1. The molecule has 0 bridgehead atoms. The monoisotopic (exact) mass is 349 g/mol. The molecule has 3 aromatic rings. The van der Waals surface area contributed by atoms with Crippen molar-refractivity contribution >= 4 is 16.8 Å². The molecule has 0 spiro atoms. The Bertz CT molecular complexity index is 946. The van der Waals surface area contributed by atoms with Crippen LogP contribution < -0.4 is 4.74 Å². The van der Waals surface area contributed by atoms with Crippen LogP contribution in [-0.4, -0.2) is 40.0 Å². The van der Waals surface area contributed by atoms with E-state index < -0.39 is 0 Å². The van der Waals surface area contributed by atoms with Crippen LogP contribution >= 0.6 is 0 Å². The highest BCUT2D eigenvalue weighted by molar-refractivity contribution is 6.00. The zero-order valence-corrected chi connectivity index (χ0v) is 15.3. The van der Waals surface area contributed by atoms with Crippen LogP contribution in [0, 0.1) is 0 Å². The van der Waals surface area contributed by atoms with E-state index in [4.69, 9.17) is 4.74 Å². The third-order valence-corrected chi connectivity index (χ3v) is 5.36. The first-order valence-corrected chi connectivity index (χ1v) is 8.87. The molecule has 0 aliphatic carbocycles. The summed E-state index contributed by atoms with van der Waals surface area (Å²) in [6, 6.07) is 11.7. The van der Waals surface area contributed by atoms with Gasteiger partial charge in [0, 0.05) is 41.3 Å². The fourth-order valence-corrected chi connectivity index (χ4v) is 4.01. The molecule has 134 valence electrons. The second kappa shape index (κ2) is 6.16. The van der Waals surface area contributed by atoms with E-state index in [1.54, 1.807) is 13.3 Å². The van der Waals surface area contributed by atoms with E-state index in [-0.39, 0.29) is 11.4 Å². The SMILES string of the molecule is COc1cccc2[nH]c(C(=O)N3CC(c4cccnc4)CC3(C)C)cc12. The smallest absolute Gasteiger partial charge is 0.270 e. The highest BCUT2D eigenvalue weighted by Crippen LogP contribution is 2.39. The van der Waals surface area contributed by atoms with E-state index in [9.17, 15) is 4.79 Å². The van der Waals surface area contributed by atoms with Crippen molar-refractivity contribution in [3.05, 3.63) is 60.0 Å². The lowest BCUT2D eigenvalue weighted by atomic mass is 9.92. The second-order valence-electron chi connectivity index (χ2n) is 7.52. The fraction of sp³-hybridized carbons (Fsp3) is 0.333. The van der Waals surface area contributed by atoms with E-state index in [0.717, 1.165) is 23.1 Å². The number of ether oxygens (including phenoxy) is 1. The molecule has 1 atom stereocenters. The summed E-state index contributed by atoms with van der Waals surface area (Å²) in [6.45, 7) is 4.96. The van der Waals surface area contributed by atoms with Crippen LogP contribution in [0.5, 0.6) is 5.75 Å². The van der Waals surface area contributed by atoms with Gasteiger partial charge in [-0.1, -0.05) is 12.1 Å². The average Bonchev–Trinajstić information content (AvgIpc) is 3.22. The summed E-state index contributed by atoms with van der Waals surface area (Å²) in [5, 5.41) is 0.930. The quantitative estimate of drug-likeness (QED) is 0.778. The maximum Gasteiger partial charge on any atom is 0.270 e. The predicted molar refractivity (Wildman–Crippen MR) is 102 cm³/mol. The number of nitrogens with one attached hydrogen (secondary N) is 1. The number of likely N-dealkylation sites (tertiary alicyclic amines) is 1. The normalized spacial score (nSPS) is 19.0. The van der Waals surface area contributed by atoms with Crippen LogP contribution in [0.25, 0.3) is 10.9 Å². The van der Waals surface area contributed by atoms with Crippen LogP contribution in [0.4, 0.5) is 0 Å². The number of H-pyrrole nitrogens is 1. The number of aromatic nitrogens is 2. The lowest BCUT2D eigenvalue weighted by Gasteiger charge is -2.31. The Labute approximate surface area is 153 Å². The molecule has 1 aliphatic heterocycles. The number of pyridine rings is 1. The summed E-state index contributed by atoms with van der Waals surface area (Å²) in [7, 11) is 1.64. The van der Waals surface area contributed by atoms with Crippen molar-refractivity contribution < 1.29 is 9.53 Å². The number of fused-ring (bicyclic) bond motifs is 1. The third kappa shape index (κ3) is 2.73. The van der Waals surface area contributed by atoms with E-state index in [1.165, 1.54) is 5.56 Å². The first-order valence-electron chi connectivity index (χ1n) is 8.87. The summed E-state index contributed by atoms with van der Waals surface area (Å²) in [4.78, 5) is 22.7. The average molecular weight is 349 g/mol. The molecule has 5 heteroatoms. The highest BCUT2D eigenvalue weighted by atomic mass is 16.5. The molecule has 1 saturated heterocycles. The van der Waals surface area contributed by atoms with Crippen LogP contribution in [0.15, 0.2) is 48.8 Å². The Kier molecular flexibility index (Phi) is 3.94. The predicted octanol–water partition coefficient (Wildman–Crippen LogP) is 3.98.